The third kappa shape index (κ3) is 3.19. The molecule has 23 heavy (non-hydrogen) atoms. The van der Waals surface area contributed by atoms with E-state index in [1.807, 2.05) is 22.9 Å². The van der Waals surface area contributed by atoms with Crippen LogP contribution in [0.25, 0.3) is 28.0 Å². The molecule has 0 fully saturated rings. The van der Waals surface area contributed by atoms with E-state index in [0.717, 1.165) is 5.69 Å². The normalized spacial score (nSPS) is 11.5. The van der Waals surface area contributed by atoms with Gasteiger partial charge in [0.15, 0.2) is 0 Å². The van der Waals surface area contributed by atoms with Crippen LogP contribution in [0.1, 0.15) is 19.4 Å². The van der Waals surface area contributed by atoms with Gasteiger partial charge in [-0.1, -0.05) is 66.7 Å². The molecule has 0 saturated heterocycles. The van der Waals surface area contributed by atoms with Gasteiger partial charge in [0.2, 0.25) is 0 Å². The Morgan fingerprint density at radius 1 is 0.826 bits per heavy atom. The van der Waals surface area contributed by atoms with Crippen LogP contribution in [0.5, 0.6) is 0 Å². The minimum Gasteiger partial charge on any atom is -0.333 e. The molecule has 0 atom stereocenters. The number of rotatable bonds is 3. The monoisotopic (exact) mass is 299 g/mol. The van der Waals surface area contributed by atoms with E-state index in [1.54, 1.807) is 0 Å². The Labute approximate surface area is 138 Å². The van der Waals surface area contributed by atoms with E-state index in [-0.39, 0.29) is 0 Å². The van der Waals surface area contributed by atoms with Gasteiger partial charge in [-0.25, -0.2) is 0 Å². The number of benzene rings is 2. The zero-order valence-electron chi connectivity index (χ0n) is 13.7. The second kappa shape index (κ2) is 6.53. The van der Waals surface area contributed by atoms with E-state index in [2.05, 4.69) is 81.6 Å². The molecule has 3 aromatic rings. The Kier molecular flexibility index (Phi) is 4.29. The fourth-order valence-corrected chi connectivity index (χ4v) is 2.66. The van der Waals surface area contributed by atoms with Crippen molar-refractivity contribution in [1.82, 2.24) is 0 Å². The number of hydrogen-bond donors (Lipinski definition) is 0. The molecule has 114 valence electrons. The molecule has 0 unspecified atom stereocenters. The summed E-state index contributed by atoms with van der Waals surface area (Å²) < 4.78 is 1.89. The molecule has 0 aliphatic carbocycles. The van der Waals surface area contributed by atoms with Crippen LogP contribution in [0, 0.1) is 7.05 Å². The van der Waals surface area contributed by atoms with Gasteiger partial charge in [-0.15, -0.1) is 0 Å². The van der Waals surface area contributed by atoms with Crippen molar-refractivity contribution in [2.24, 2.45) is 0 Å². The molecular formula is C22H21N. The molecular weight excluding hydrogens is 278 g/mol. The van der Waals surface area contributed by atoms with Gasteiger partial charge in [-0.3, -0.25) is 0 Å². The third-order valence-electron chi connectivity index (χ3n) is 4.23. The Bertz CT molecular complexity index is 825. The average molecular weight is 299 g/mol. The molecule has 0 saturated carbocycles. The van der Waals surface area contributed by atoms with Crippen LogP contribution in [0.15, 0.2) is 79.0 Å². The minimum atomic E-state index is 1.11. The predicted octanol–water partition coefficient (Wildman–Crippen LogP) is 5.37. The average Bonchev–Trinajstić information content (AvgIpc) is 2.62. The van der Waals surface area contributed by atoms with E-state index in [1.165, 1.54) is 27.8 Å². The summed E-state index contributed by atoms with van der Waals surface area (Å²) in [4.78, 5) is 0. The number of allylic oxidation sites excluding steroid dienone is 2. The smallest absolute Gasteiger partial charge is 0.112 e. The first kappa shape index (κ1) is 15.1. The maximum atomic E-state index is 4.02. The Morgan fingerprint density at radius 2 is 1.39 bits per heavy atom. The molecule has 0 spiro atoms. The van der Waals surface area contributed by atoms with Crippen molar-refractivity contribution in [1.29, 1.82) is 0 Å². The molecule has 0 bridgehead atoms. The SMILES string of the molecule is [CH2-][n+]1ccccc1-c1ccc(-c2ccc(C(C)=CC)cc2)cc1. The van der Waals surface area contributed by atoms with Crippen LogP contribution in [0.3, 0.4) is 0 Å². The summed E-state index contributed by atoms with van der Waals surface area (Å²) in [6, 6.07) is 23.5. The highest BCUT2D eigenvalue weighted by atomic mass is 14.9. The Hall–Kier alpha value is -2.80. The summed E-state index contributed by atoms with van der Waals surface area (Å²) in [7, 11) is 4.02. The van der Waals surface area contributed by atoms with Gasteiger partial charge < -0.3 is 4.57 Å². The largest absolute Gasteiger partial charge is 0.333 e. The van der Waals surface area contributed by atoms with Crippen LogP contribution >= 0.6 is 0 Å². The summed E-state index contributed by atoms with van der Waals surface area (Å²) in [5.41, 5.74) is 7.32. The summed E-state index contributed by atoms with van der Waals surface area (Å²) in [6.45, 7) is 4.21. The first-order valence-corrected chi connectivity index (χ1v) is 7.85. The van der Waals surface area contributed by atoms with Gasteiger partial charge in [0, 0.05) is 7.05 Å². The van der Waals surface area contributed by atoms with Crippen molar-refractivity contribution in [3.63, 3.8) is 0 Å². The molecule has 0 amide bonds. The third-order valence-corrected chi connectivity index (χ3v) is 4.23. The fourth-order valence-electron chi connectivity index (χ4n) is 2.66. The highest BCUT2D eigenvalue weighted by Gasteiger charge is 2.03. The molecule has 0 N–H and O–H groups in total. The van der Waals surface area contributed by atoms with E-state index in [0.29, 0.717) is 0 Å². The van der Waals surface area contributed by atoms with Crippen LogP contribution in [0.2, 0.25) is 0 Å². The van der Waals surface area contributed by atoms with Gasteiger partial charge in [-0.2, -0.15) is 0 Å². The number of nitrogens with zero attached hydrogens (tertiary/aromatic N) is 1. The minimum absolute atomic E-state index is 1.11. The van der Waals surface area contributed by atoms with Crippen molar-refractivity contribution < 1.29 is 4.57 Å². The summed E-state index contributed by atoms with van der Waals surface area (Å²) in [5.74, 6) is 0. The lowest BCUT2D eigenvalue weighted by Gasteiger charge is -2.09. The second-order valence-corrected chi connectivity index (χ2v) is 5.68. The van der Waals surface area contributed by atoms with Gasteiger partial charge in [-0.05, 0) is 47.7 Å². The van der Waals surface area contributed by atoms with Crippen molar-refractivity contribution in [2.75, 3.05) is 0 Å². The number of aromatic nitrogens is 1. The molecule has 1 heteroatoms. The van der Waals surface area contributed by atoms with E-state index in [4.69, 9.17) is 0 Å². The summed E-state index contributed by atoms with van der Waals surface area (Å²) in [6.07, 6.45) is 4.10. The van der Waals surface area contributed by atoms with E-state index >= 15 is 0 Å². The van der Waals surface area contributed by atoms with Crippen LogP contribution < -0.4 is 4.57 Å². The van der Waals surface area contributed by atoms with E-state index < -0.39 is 0 Å². The van der Waals surface area contributed by atoms with Gasteiger partial charge in [0.25, 0.3) is 0 Å². The standard InChI is InChI=1S/C22H21N/c1-4-17(2)18-8-10-19(11-9-18)20-12-14-21(15-13-20)22-7-5-6-16-23(22)3/h4-16H,3H2,1-2H3. The number of pyridine rings is 1. The van der Waals surface area contributed by atoms with Crippen molar-refractivity contribution in [2.45, 2.75) is 13.8 Å². The Balaban J connectivity index is 1.89. The summed E-state index contributed by atoms with van der Waals surface area (Å²) >= 11 is 0. The lowest BCUT2D eigenvalue weighted by atomic mass is 9.99. The second-order valence-electron chi connectivity index (χ2n) is 5.68. The van der Waals surface area contributed by atoms with Crippen molar-refractivity contribution in [3.8, 4) is 22.4 Å². The van der Waals surface area contributed by atoms with Crippen LogP contribution in [-0.4, -0.2) is 0 Å². The van der Waals surface area contributed by atoms with Gasteiger partial charge in [0.1, 0.15) is 5.69 Å². The van der Waals surface area contributed by atoms with Crippen LogP contribution in [-0.2, 0) is 0 Å². The highest BCUT2D eigenvalue weighted by Crippen LogP contribution is 2.25. The lowest BCUT2D eigenvalue weighted by Crippen LogP contribution is -2.27. The van der Waals surface area contributed by atoms with Crippen molar-refractivity contribution >= 4 is 5.57 Å². The molecule has 1 aromatic heterocycles. The first-order valence-electron chi connectivity index (χ1n) is 7.85. The maximum Gasteiger partial charge on any atom is 0.112 e. The Morgan fingerprint density at radius 3 is 1.96 bits per heavy atom. The van der Waals surface area contributed by atoms with E-state index in [9.17, 15) is 0 Å². The van der Waals surface area contributed by atoms with Gasteiger partial charge in [0.05, 0.1) is 6.20 Å². The highest BCUT2D eigenvalue weighted by molar-refractivity contribution is 5.71. The zero-order valence-corrected chi connectivity index (χ0v) is 13.7. The summed E-state index contributed by atoms with van der Waals surface area (Å²) in [5, 5.41) is 0. The number of hydrogen-bond acceptors (Lipinski definition) is 0. The predicted molar refractivity (Wildman–Crippen MR) is 97.6 cm³/mol. The maximum absolute atomic E-state index is 4.02. The van der Waals surface area contributed by atoms with Crippen LogP contribution in [0.4, 0.5) is 0 Å². The quantitative estimate of drug-likeness (QED) is 0.452. The topological polar surface area (TPSA) is 3.88 Å². The first-order chi connectivity index (χ1) is 11.2. The molecule has 1 nitrogen and oxygen atoms in total. The fraction of sp³-hybridized carbons (Fsp3) is 0.0909. The zero-order chi connectivity index (χ0) is 16.2. The lowest BCUT2D eigenvalue weighted by molar-refractivity contribution is -0.600. The molecule has 0 aliphatic heterocycles. The van der Waals surface area contributed by atoms with Gasteiger partial charge >= 0.3 is 0 Å². The molecule has 1 heterocycles. The molecule has 2 aromatic carbocycles. The molecule has 3 rings (SSSR count). The van der Waals surface area contributed by atoms with Crippen molar-refractivity contribution in [3.05, 3.63) is 91.6 Å². The molecule has 0 aliphatic rings. The molecule has 0 radical (unpaired) electrons.